The lowest BCUT2D eigenvalue weighted by Crippen LogP contribution is -2.02. The highest BCUT2D eigenvalue weighted by Gasteiger charge is 2.11. The third kappa shape index (κ3) is 1.25. The molecule has 62 valence electrons. The minimum atomic E-state index is -0.316. The summed E-state index contributed by atoms with van der Waals surface area (Å²) in [4.78, 5) is 0. The second-order valence-electron chi connectivity index (χ2n) is 2.52. The first-order valence-corrected chi connectivity index (χ1v) is 4.35. The standard InChI is InChI=1S/C9H6BrFO/c10-7-4-6-2-1-3-12-9(6)8(11)5-7/h1-2,4-5H,3H2. The number of fused-ring (bicyclic) bond motifs is 1. The highest BCUT2D eigenvalue weighted by atomic mass is 79.9. The average Bonchev–Trinajstić information content (AvgIpc) is 2.04. The Kier molecular flexibility index (Phi) is 1.89. The number of ether oxygens (including phenoxy) is 1. The smallest absolute Gasteiger partial charge is 0.166 e. The lowest BCUT2D eigenvalue weighted by Gasteiger charge is -2.12. The summed E-state index contributed by atoms with van der Waals surface area (Å²) in [5, 5.41) is 0. The molecule has 1 aromatic carbocycles. The molecule has 0 saturated carbocycles. The van der Waals surface area contributed by atoms with Gasteiger partial charge in [-0.25, -0.2) is 4.39 Å². The molecule has 0 bridgehead atoms. The third-order valence-corrected chi connectivity index (χ3v) is 2.12. The quantitative estimate of drug-likeness (QED) is 0.664. The van der Waals surface area contributed by atoms with Crippen molar-refractivity contribution in [3.8, 4) is 5.75 Å². The zero-order valence-corrected chi connectivity index (χ0v) is 7.77. The van der Waals surface area contributed by atoms with E-state index >= 15 is 0 Å². The van der Waals surface area contributed by atoms with Crippen molar-refractivity contribution in [2.24, 2.45) is 0 Å². The van der Waals surface area contributed by atoms with Crippen molar-refractivity contribution in [2.75, 3.05) is 6.61 Å². The van der Waals surface area contributed by atoms with Crippen LogP contribution in [0, 0.1) is 5.82 Å². The van der Waals surface area contributed by atoms with Crippen LogP contribution < -0.4 is 4.74 Å². The van der Waals surface area contributed by atoms with E-state index < -0.39 is 0 Å². The maximum Gasteiger partial charge on any atom is 0.166 e. The van der Waals surface area contributed by atoms with Crippen LogP contribution in [-0.4, -0.2) is 6.61 Å². The first-order chi connectivity index (χ1) is 5.77. The second kappa shape index (κ2) is 2.90. The number of benzene rings is 1. The van der Waals surface area contributed by atoms with Crippen molar-refractivity contribution in [1.29, 1.82) is 0 Å². The Hall–Kier alpha value is -0.830. The molecule has 0 N–H and O–H groups in total. The number of hydrogen-bond donors (Lipinski definition) is 0. The van der Waals surface area contributed by atoms with Crippen LogP contribution in [0.2, 0.25) is 0 Å². The molecule has 0 spiro atoms. The lowest BCUT2D eigenvalue weighted by molar-refractivity contribution is 0.337. The normalized spacial score (nSPS) is 13.8. The molecule has 12 heavy (non-hydrogen) atoms. The molecule has 0 aromatic heterocycles. The van der Waals surface area contributed by atoms with E-state index in [4.69, 9.17) is 4.74 Å². The van der Waals surface area contributed by atoms with Gasteiger partial charge in [0, 0.05) is 10.0 Å². The second-order valence-corrected chi connectivity index (χ2v) is 3.44. The van der Waals surface area contributed by atoms with Gasteiger partial charge < -0.3 is 4.74 Å². The van der Waals surface area contributed by atoms with Crippen molar-refractivity contribution in [3.63, 3.8) is 0 Å². The maximum atomic E-state index is 13.1. The molecule has 1 aliphatic heterocycles. The van der Waals surface area contributed by atoms with Crippen molar-refractivity contribution < 1.29 is 9.13 Å². The van der Waals surface area contributed by atoms with E-state index in [2.05, 4.69) is 15.9 Å². The predicted octanol–water partition coefficient (Wildman–Crippen LogP) is 2.99. The van der Waals surface area contributed by atoms with Gasteiger partial charge in [-0.3, -0.25) is 0 Å². The molecule has 1 heterocycles. The topological polar surface area (TPSA) is 9.23 Å². The van der Waals surface area contributed by atoms with Gasteiger partial charge in [0.15, 0.2) is 11.6 Å². The van der Waals surface area contributed by atoms with Crippen LogP contribution in [0.5, 0.6) is 5.75 Å². The fourth-order valence-corrected chi connectivity index (χ4v) is 1.61. The summed E-state index contributed by atoms with van der Waals surface area (Å²) < 4.78 is 19.0. The number of hydrogen-bond acceptors (Lipinski definition) is 1. The summed E-state index contributed by atoms with van der Waals surface area (Å²) in [7, 11) is 0. The highest BCUT2D eigenvalue weighted by Crippen LogP contribution is 2.30. The van der Waals surface area contributed by atoms with Crippen LogP contribution in [0.4, 0.5) is 4.39 Å². The van der Waals surface area contributed by atoms with Gasteiger partial charge in [-0.05, 0) is 18.2 Å². The van der Waals surface area contributed by atoms with Gasteiger partial charge in [-0.15, -0.1) is 0 Å². The molecule has 1 nitrogen and oxygen atoms in total. The van der Waals surface area contributed by atoms with E-state index in [-0.39, 0.29) is 5.82 Å². The fraction of sp³-hybridized carbons (Fsp3) is 0.111. The molecular weight excluding hydrogens is 223 g/mol. The largest absolute Gasteiger partial charge is 0.486 e. The Bertz CT molecular complexity index is 347. The van der Waals surface area contributed by atoms with Gasteiger partial charge in [0.2, 0.25) is 0 Å². The monoisotopic (exact) mass is 228 g/mol. The fourth-order valence-electron chi connectivity index (χ4n) is 1.16. The molecule has 0 atom stereocenters. The van der Waals surface area contributed by atoms with Crippen molar-refractivity contribution in [3.05, 3.63) is 34.1 Å². The van der Waals surface area contributed by atoms with E-state index in [0.717, 1.165) is 10.0 Å². The van der Waals surface area contributed by atoms with Gasteiger partial charge in [-0.1, -0.05) is 22.0 Å². The molecule has 0 radical (unpaired) electrons. The van der Waals surface area contributed by atoms with Crippen LogP contribution in [0.3, 0.4) is 0 Å². The molecule has 0 aliphatic carbocycles. The molecule has 1 aliphatic rings. The molecular formula is C9H6BrFO. The molecule has 1 aromatic rings. The summed E-state index contributed by atoms with van der Waals surface area (Å²) in [5.41, 5.74) is 0.785. The van der Waals surface area contributed by atoms with Crippen molar-refractivity contribution >= 4 is 22.0 Å². The van der Waals surface area contributed by atoms with Gasteiger partial charge in [0.25, 0.3) is 0 Å². The summed E-state index contributed by atoms with van der Waals surface area (Å²) in [6.07, 6.45) is 3.71. The minimum absolute atomic E-state index is 0.316. The molecule has 2 rings (SSSR count). The predicted molar refractivity (Wildman–Crippen MR) is 48.6 cm³/mol. The molecule has 0 saturated heterocycles. The summed E-state index contributed by atoms with van der Waals surface area (Å²) >= 11 is 3.21. The molecule has 0 fully saturated rings. The Morgan fingerprint density at radius 1 is 1.42 bits per heavy atom. The van der Waals surface area contributed by atoms with Crippen LogP contribution in [0.1, 0.15) is 5.56 Å². The van der Waals surface area contributed by atoms with E-state index in [1.165, 1.54) is 6.07 Å². The first kappa shape index (κ1) is 7.80. The first-order valence-electron chi connectivity index (χ1n) is 3.56. The van der Waals surface area contributed by atoms with E-state index in [1.54, 1.807) is 0 Å². The molecule has 0 unspecified atom stereocenters. The van der Waals surface area contributed by atoms with Crippen LogP contribution in [-0.2, 0) is 0 Å². The Balaban J connectivity index is 2.62. The van der Waals surface area contributed by atoms with E-state index in [1.807, 2.05) is 18.2 Å². The molecule has 0 amide bonds. The highest BCUT2D eigenvalue weighted by molar-refractivity contribution is 9.10. The van der Waals surface area contributed by atoms with Crippen LogP contribution in [0.15, 0.2) is 22.7 Å². The molecule has 3 heteroatoms. The summed E-state index contributed by atoms with van der Waals surface area (Å²) in [6, 6.07) is 3.23. The number of halogens is 2. The third-order valence-electron chi connectivity index (χ3n) is 1.66. The summed E-state index contributed by atoms with van der Waals surface area (Å²) in [6.45, 7) is 0.450. The zero-order chi connectivity index (χ0) is 8.55. The van der Waals surface area contributed by atoms with E-state index in [0.29, 0.717) is 12.4 Å². The maximum absolute atomic E-state index is 13.1. The van der Waals surface area contributed by atoms with Gasteiger partial charge in [0.1, 0.15) is 6.61 Å². The minimum Gasteiger partial charge on any atom is -0.486 e. The van der Waals surface area contributed by atoms with Gasteiger partial charge in [0.05, 0.1) is 0 Å². The van der Waals surface area contributed by atoms with Gasteiger partial charge in [-0.2, -0.15) is 0 Å². The Morgan fingerprint density at radius 2 is 2.25 bits per heavy atom. The van der Waals surface area contributed by atoms with E-state index in [9.17, 15) is 4.39 Å². The number of rotatable bonds is 0. The van der Waals surface area contributed by atoms with Crippen LogP contribution in [0.25, 0.3) is 6.08 Å². The van der Waals surface area contributed by atoms with Crippen LogP contribution >= 0.6 is 15.9 Å². The Morgan fingerprint density at radius 3 is 3.08 bits per heavy atom. The SMILES string of the molecule is Fc1cc(Br)cc2c1OCC=C2. The average molecular weight is 229 g/mol. The lowest BCUT2D eigenvalue weighted by atomic mass is 10.1. The van der Waals surface area contributed by atoms with Crippen molar-refractivity contribution in [2.45, 2.75) is 0 Å². The summed E-state index contributed by atoms with van der Waals surface area (Å²) in [5.74, 6) is 0.0319. The zero-order valence-electron chi connectivity index (χ0n) is 6.18. The Labute approximate surface area is 78.0 Å². The van der Waals surface area contributed by atoms with Gasteiger partial charge >= 0.3 is 0 Å². The van der Waals surface area contributed by atoms with Crippen molar-refractivity contribution in [1.82, 2.24) is 0 Å².